The van der Waals surface area contributed by atoms with Crippen molar-refractivity contribution in [3.8, 4) is 0 Å². The predicted molar refractivity (Wildman–Crippen MR) is 73.3 cm³/mol. The number of hydrogen-bond acceptors (Lipinski definition) is 0. The molecule has 0 bridgehead atoms. The normalized spacial score (nSPS) is 14.6. The quantitative estimate of drug-likeness (QED) is 0.681. The summed E-state index contributed by atoms with van der Waals surface area (Å²) < 4.78 is 0. The van der Waals surface area contributed by atoms with Crippen molar-refractivity contribution in [2.24, 2.45) is 0 Å². The first-order valence-corrected chi connectivity index (χ1v) is 6.42. The van der Waals surface area contributed by atoms with Crippen LogP contribution < -0.4 is 0 Å². The van der Waals surface area contributed by atoms with Crippen molar-refractivity contribution < 1.29 is 0 Å². The molecule has 1 atom stereocenters. The Labute approximate surface area is 96.1 Å². The molecule has 0 heterocycles. The maximum absolute atomic E-state index is 3.77. The molecule has 1 rings (SSSR count). The third-order valence-electron chi connectivity index (χ3n) is 3.11. The average molecular weight is 216 g/mol. The summed E-state index contributed by atoms with van der Waals surface area (Å²) in [5, 5.41) is 1.55. The second-order valence-corrected chi connectivity index (χ2v) is 5.78. The largest absolute Gasteiger partial charge is 0.0985 e. The fourth-order valence-electron chi connectivity index (χ4n) is 1.60. The van der Waals surface area contributed by atoms with Gasteiger partial charge in [0.1, 0.15) is 0 Å². The average Bonchev–Trinajstić information content (AvgIpc) is 2.27. The third-order valence-corrected chi connectivity index (χ3v) is 3.90. The van der Waals surface area contributed by atoms with E-state index in [0.29, 0.717) is 5.92 Å². The van der Waals surface area contributed by atoms with Crippen LogP contribution in [0.25, 0.3) is 6.08 Å². The Hall–Kier alpha value is -1.08. The molecule has 0 nitrogen and oxygen atoms in total. The van der Waals surface area contributed by atoms with E-state index in [2.05, 4.69) is 51.6 Å². The van der Waals surface area contributed by atoms with Crippen molar-refractivity contribution in [2.45, 2.75) is 26.7 Å². The van der Waals surface area contributed by atoms with Crippen molar-refractivity contribution in [3.05, 3.63) is 52.7 Å². The van der Waals surface area contributed by atoms with Gasteiger partial charge in [-0.1, -0.05) is 54.6 Å². The van der Waals surface area contributed by atoms with Gasteiger partial charge in [-0.15, -0.1) is 0 Å². The molecule has 0 amide bonds. The Bertz CT molecular complexity index is 367. The topological polar surface area (TPSA) is 0 Å². The lowest BCUT2D eigenvalue weighted by atomic mass is 9.93. The van der Waals surface area contributed by atoms with Gasteiger partial charge in [0.25, 0.3) is 0 Å². The Balaban J connectivity index is 2.97. The monoisotopic (exact) mass is 216 g/mol. The molecular formula is C14H20Si. The van der Waals surface area contributed by atoms with Gasteiger partial charge in [-0.3, -0.25) is 0 Å². The van der Waals surface area contributed by atoms with Crippen LogP contribution in [0.15, 0.2) is 41.6 Å². The van der Waals surface area contributed by atoms with E-state index in [1.54, 1.807) is 5.20 Å². The zero-order valence-electron chi connectivity index (χ0n) is 10.2. The fraction of sp³-hybridized carbons (Fsp3) is 0.286. The Morgan fingerprint density at radius 3 is 2.20 bits per heavy atom. The molecule has 0 fully saturated rings. The minimum absolute atomic E-state index is 0.543. The number of allylic oxidation sites excluding steroid dienone is 2. The van der Waals surface area contributed by atoms with Crippen LogP contribution in [0.5, 0.6) is 0 Å². The van der Waals surface area contributed by atoms with Gasteiger partial charge in [-0.2, -0.15) is 0 Å². The van der Waals surface area contributed by atoms with E-state index < -0.39 is 0 Å². The molecule has 0 N–H and O–H groups in total. The highest BCUT2D eigenvalue weighted by atomic mass is 28.1. The molecule has 0 aliphatic heterocycles. The summed E-state index contributed by atoms with van der Waals surface area (Å²) in [6.07, 6.45) is 1.88. The molecular weight excluding hydrogens is 196 g/mol. The van der Waals surface area contributed by atoms with Crippen LogP contribution in [0, 0.1) is 0 Å². The van der Waals surface area contributed by atoms with Gasteiger partial charge in [0, 0.05) is 16.2 Å². The predicted octanol–water partition coefficient (Wildman–Crippen LogP) is 3.09. The van der Waals surface area contributed by atoms with Crippen LogP contribution in [0.2, 0.25) is 0 Å². The van der Waals surface area contributed by atoms with Gasteiger partial charge in [0.2, 0.25) is 0 Å². The van der Waals surface area contributed by atoms with Gasteiger partial charge in [-0.25, -0.2) is 0 Å². The van der Waals surface area contributed by atoms with E-state index in [9.17, 15) is 0 Å². The van der Waals surface area contributed by atoms with Gasteiger partial charge in [0.15, 0.2) is 0 Å². The Kier molecular flexibility index (Phi) is 4.10. The number of rotatable bonds is 3. The second kappa shape index (κ2) is 5.13. The summed E-state index contributed by atoms with van der Waals surface area (Å²) >= 11 is 0. The molecule has 0 radical (unpaired) electrons. The summed E-state index contributed by atoms with van der Waals surface area (Å²) in [6.45, 7) is 10.5. The Morgan fingerprint density at radius 2 is 1.80 bits per heavy atom. The van der Waals surface area contributed by atoms with Gasteiger partial charge >= 0.3 is 0 Å². The number of benzene rings is 1. The molecule has 1 aromatic carbocycles. The lowest BCUT2D eigenvalue weighted by Crippen LogP contribution is -1.98. The summed E-state index contributed by atoms with van der Waals surface area (Å²) in [5.74, 6) is 0.543. The zero-order valence-corrected chi connectivity index (χ0v) is 12.2. The smallest absolute Gasteiger partial charge is 0.0328 e. The van der Waals surface area contributed by atoms with E-state index in [-0.39, 0.29) is 0 Å². The summed E-state index contributed by atoms with van der Waals surface area (Å²) in [6, 6.07) is 8.68. The molecule has 1 unspecified atom stereocenters. The third kappa shape index (κ3) is 2.93. The van der Waals surface area contributed by atoms with Crippen molar-refractivity contribution in [3.63, 3.8) is 0 Å². The zero-order chi connectivity index (χ0) is 11.4. The molecule has 0 saturated heterocycles. The summed E-state index contributed by atoms with van der Waals surface area (Å²) in [5.41, 5.74) is 4.11. The van der Waals surface area contributed by atoms with Gasteiger partial charge < -0.3 is 0 Å². The second-order valence-electron chi connectivity index (χ2n) is 4.28. The molecule has 0 aliphatic carbocycles. The van der Waals surface area contributed by atoms with E-state index in [1.807, 2.05) is 6.08 Å². The molecule has 0 spiro atoms. The molecule has 1 heteroatoms. The molecule has 1 aromatic rings. The van der Waals surface area contributed by atoms with Crippen molar-refractivity contribution in [1.82, 2.24) is 0 Å². The Morgan fingerprint density at radius 1 is 1.27 bits per heavy atom. The van der Waals surface area contributed by atoms with Crippen molar-refractivity contribution in [2.75, 3.05) is 0 Å². The molecule has 15 heavy (non-hydrogen) atoms. The standard InChI is InChI=1S/C14H20Si/c1-5-13-6-8-14(9-7-13)11(3)10(2)12(4)15/h5-9,11H,1H2,2-4,15H3. The van der Waals surface area contributed by atoms with Crippen LogP contribution in [-0.4, -0.2) is 10.2 Å². The first-order chi connectivity index (χ1) is 7.06. The van der Waals surface area contributed by atoms with Gasteiger partial charge in [0.05, 0.1) is 0 Å². The minimum atomic E-state index is 0.543. The van der Waals surface area contributed by atoms with Crippen molar-refractivity contribution in [1.29, 1.82) is 0 Å². The molecule has 0 saturated carbocycles. The summed E-state index contributed by atoms with van der Waals surface area (Å²) in [4.78, 5) is 0. The highest BCUT2D eigenvalue weighted by Crippen LogP contribution is 2.25. The summed E-state index contributed by atoms with van der Waals surface area (Å²) in [7, 11) is 1.16. The first kappa shape index (κ1) is 12.0. The van der Waals surface area contributed by atoms with E-state index in [0.717, 1.165) is 10.2 Å². The highest BCUT2D eigenvalue weighted by molar-refractivity contribution is 6.21. The minimum Gasteiger partial charge on any atom is -0.0985 e. The molecule has 0 aromatic heterocycles. The van der Waals surface area contributed by atoms with Crippen LogP contribution in [-0.2, 0) is 0 Å². The lowest BCUT2D eigenvalue weighted by molar-refractivity contribution is 0.886. The van der Waals surface area contributed by atoms with Gasteiger partial charge in [-0.05, 0) is 25.0 Å². The van der Waals surface area contributed by atoms with Crippen LogP contribution >= 0.6 is 0 Å². The van der Waals surface area contributed by atoms with Crippen molar-refractivity contribution >= 4 is 16.3 Å². The van der Waals surface area contributed by atoms with E-state index >= 15 is 0 Å². The lowest BCUT2D eigenvalue weighted by Gasteiger charge is -2.15. The first-order valence-electron chi connectivity index (χ1n) is 5.42. The SMILES string of the molecule is C=Cc1ccc(C(C)C(C)=C(C)[SiH3])cc1. The van der Waals surface area contributed by atoms with Crippen LogP contribution in [0.1, 0.15) is 37.8 Å². The highest BCUT2D eigenvalue weighted by Gasteiger charge is 2.07. The maximum Gasteiger partial charge on any atom is 0.0328 e. The number of hydrogen-bond donors (Lipinski definition) is 0. The maximum atomic E-state index is 3.77. The molecule has 0 aliphatic rings. The van der Waals surface area contributed by atoms with E-state index in [4.69, 9.17) is 0 Å². The molecule has 80 valence electrons. The van der Waals surface area contributed by atoms with Crippen LogP contribution in [0.3, 0.4) is 0 Å². The fourth-order valence-corrected chi connectivity index (χ4v) is 2.04. The van der Waals surface area contributed by atoms with Crippen LogP contribution in [0.4, 0.5) is 0 Å². The van der Waals surface area contributed by atoms with E-state index in [1.165, 1.54) is 16.7 Å².